The molecule has 5 nitrogen and oxygen atoms in total. The number of aliphatic hydroxyl groups excluding tert-OH is 1. The molecule has 1 aliphatic rings. The second-order valence-electron chi connectivity index (χ2n) is 3.74. The summed E-state index contributed by atoms with van der Waals surface area (Å²) in [7, 11) is 0. The Labute approximate surface area is 89.8 Å². The van der Waals surface area contributed by atoms with E-state index < -0.39 is 6.09 Å². The average molecular weight is 217 g/mol. The summed E-state index contributed by atoms with van der Waals surface area (Å²) in [6.07, 6.45) is 1.49. The molecule has 1 rings (SSSR count). The van der Waals surface area contributed by atoms with Crippen molar-refractivity contribution in [3.8, 4) is 0 Å². The summed E-state index contributed by atoms with van der Waals surface area (Å²) in [6.45, 7) is 3.41. The number of rotatable bonds is 4. The van der Waals surface area contributed by atoms with E-state index in [2.05, 4.69) is 5.32 Å². The standard InChI is InChI=1S/C10H19NO4/c1-8(9-2-5-14-6-3-9)11-10(13)15-7-4-12/h8-9,12H,2-7H2,1H3,(H,11,13). The van der Waals surface area contributed by atoms with Crippen LogP contribution in [0, 0.1) is 5.92 Å². The van der Waals surface area contributed by atoms with Gasteiger partial charge in [-0.1, -0.05) is 0 Å². The van der Waals surface area contributed by atoms with E-state index >= 15 is 0 Å². The number of hydrogen-bond donors (Lipinski definition) is 2. The molecule has 0 aromatic heterocycles. The minimum Gasteiger partial charge on any atom is -0.447 e. The first kappa shape index (κ1) is 12.3. The maximum absolute atomic E-state index is 11.2. The van der Waals surface area contributed by atoms with Crippen LogP contribution in [0.5, 0.6) is 0 Å². The molecule has 1 unspecified atom stereocenters. The number of ether oxygens (including phenoxy) is 2. The molecule has 0 spiro atoms. The fraction of sp³-hybridized carbons (Fsp3) is 0.900. The molecule has 1 fully saturated rings. The van der Waals surface area contributed by atoms with E-state index in [1.807, 2.05) is 6.92 Å². The van der Waals surface area contributed by atoms with Gasteiger partial charge in [0.15, 0.2) is 0 Å². The van der Waals surface area contributed by atoms with Crippen molar-refractivity contribution in [3.05, 3.63) is 0 Å². The Kier molecular flexibility index (Phi) is 5.42. The minimum absolute atomic E-state index is 0.0479. The SMILES string of the molecule is CC(NC(=O)OCCO)C1CCOCC1. The number of hydrogen-bond acceptors (Lipinski definition) is 4. The van der Waals surface area contributed by atoms with Gasteiger partial charge in [0.2, 0.25) is 0 Å². The Morgan fingerprint density at radius 3 is 2.87 bits per heavy atom. The summed E-state index contributed by atoms with van der Waals surface area (Å²) >= 11 is 0. The van der Waals surface area contributed by atoms with Crippen LogP contribution in [0.3, 0.4) is 0 Å². The van der Waals surface area contributed by atoms with E-state index in [0.717, 1.165) is 26.1 Å². The number of carbonyl (C=O) groups is 1. The van der Waals surface area contributed by atoms with Gasteiger partial charge >= 0.3 is 6.09 Å². The van der Waals surface area contributed by atoms with E-state index in [0.29, 0.717) is 5.92 Å². The highest BCUT2D eigenvalue weighted by atomic mass is 16.6. The van der Waals surface area contributed by atoms with Crippen LogP contribution in [0.1, 0.15) is 19.8 Å². The Morgan fingerprint density at radius 1 is 1.60 bits per heavy atom. The average Bonchev–Trinajstić information content (AvgIpc) is 2.27. The van der Waals surface area contributed by atoms with Gasteiger partial charge in [-0.3, -0.25) is 0 Å². The van der Waals surface area contributed by atoms with Crippen LogP contribution < -0.4 is 5.32 Å². The fourth-order valence-electron chi connectivity index (χ4n) is 1.70. The molecule has 2 N–H and O–H groups in total. The first-order chi connectivity index (χ1) is 7.24. The van der Waals surface area contributed by atoms with Crippen LogP contribution in [-0.4, -0.2) is 43.7 Å². The van der Waals surface area contributed by atoms with Crippen LogP contribution in [0.15, 0.2) is 0 Å². The second-order valence-corrected chi connectivity index (χ2v) is 3.74. The Bertz CT molecular complexity index is 192. The lowest BCUT2D eigenvalue weighted by molar-refractivity contribution is 0.0535. The molecule has 1 atom stereocenters. The summed E-state index contributed by atoms with van der Waals surface area (Å²) in [5.74, 6) is 0.459. The van der Waals surface area contributed by atoms with Crippen molar-refractivity contribution in [1.82, 2.24) is 5.32 Å². The molecule has 88 valence electrons. The molecule has 0 aliphatic carbocycles. The third-order valence-corrected chi connectivity index (χ3v) is 2.64. The van der Waals surface area contributed by atoms with Crippen LogP contribution in [0.2, 0.25) is 0 Å². The number of nitrogens with one attached hydrogen (secondary N) is 1. The van der Waals surface area contributed by atoms with Crippen molar-refractivity contribution in [2.45, 2.75) is 25.8 Å². The third-order valence-electron chi connectivity index (χ3n) is 2.64. The highest BCUT2D eigenvalue weighted by Gasteiger charge is 2.21. The molecule has 0 radical (unpaired) electrons. The summed E-state index contributed by atoms with van der Waals surface area (Å²) in [5, 5.41) is 11.2. The van der Waals surface area contributed by atoms with Gasteiger partial charge in [-0.25, -0.2) is 4.79 Å². The van der Waals surface area contributed by atoms with Gasteiger partial charge in [-0.2, -0.15) is 0 Å². The Morgan fingerprint density at radius 2 is 2.27 bits per heavy atom. The molecule has 1 amide bonds. The number of carbonyl (C=O) groups excluding carboxylic acids is 1. The van der Waals surface area contributed by atoms with Gasteiger partial charge in [0.25, 0.3) is 0 Å². The fourth-order valence-corrected chi connectivity index (χ4v) is 1.70. The lowest BCUT2D eigenvalue weighted by Crippen LogP contribution is -2.40. The second kappa shape index (κ2) is 6.63. The number of alkyl carbamates (subject to hydrolysis) is 1. The largest absolute Gasteiger partial charge is 0.447 e. The molecule has 15 heavy (non-hydrogen) atoms. The molecule has 0 aromatic rings. The molecule has 0 saturated carbocycles. The molecular weight excluding hydrogens is 198 g/mol. The topological polar surface area (TPSA) is 67.8 Å². The monoisotopic (exact) mass is 217 g/mol. The molecule has 1 aliphatic heterocycles. The molecule has 0 bridgehead atoms. The van der Waals surface area contributed by atoms with Gasteiger partial charge < -0.3 is 19.9 Å². The summed E-state index contributed by atoms with van der Waals surface area (Å²) in [4.78, 5) is 11.2. The van der Waals surface area contributed by atoms with Crippen LogP contribution in [-0.2, 0) is 9.47 Å². The van der Waals surface area contributed by atoms with E-state index in [4.69, 9.17) is 14.6 Å². The molecular formula is C10H19NO4. The predicted octanol–water partition coefficient (Wildman–Crippen LogP) is 0.520. The van der Waals surface area contributed by atoms with Crippen molar-refractivity contribution in [2.75, 3.05) is 26.4 Å². The van der Waals surface area contributed by atoms with Crippen molar-refractivity contribution < 1.29 is 19.4 Å². The summed E-state index contributed by atoms with van der Waals surface area (Å²) in [6, 6.07) is 0.0973. The summed E-state index contributed by atoms with van der Waals surface area (Å²) in [5.41, 5.74) is 0. The highest BCUT2D eigenvalue weighted by Crippen LogP contribution is 2.18. The molecule has 5 heteroatoms. The Hall–Kier alpha value is -0.810. The summed E-state index contributed by atoms with van der Waals surface area (Å²) < 4.78 is 9.96. The van der Waals surface area contributed by atoms with Crippen molar-refractivity contribution >= 4 is 6.09 Å². The normalized spacial score (nSPS) is 19.6. The number of amides is 1. The van der Waals surface area contributed by atoms with E-state index in [-0.39, 0.29) is 19.3 Å². The van der Waals surface area contributed by atoms with E-state index in [9.17, 15) is 4.79 Å². The zero-order chi connectivity index (χ0) is 11.1. The first-order valence-corrected chi connectivity index (χ1v) is 5.36. The third kappa shape index (κ3) is 4.48. The zero-order valence-corrected chi connectivity index (χ0v) is 9.07. The van der Waals surface area contributed by atoms with Gasteiger partial charge in [0, 0.05) is 19.3 Å². The lowest BCUT2D eigenvalue weighted by atomic mass is 9.93. The maximum atomic E-state index is 11.2. The van der Waals surface area contributed by atoms with Gasteiger partial charge in [0.05, 0.1) is 6.61 Å². The quantitative estimate of drug-likeness (QED) is 0.720. The van der Waals surface area contributed by atoms with Gasteiger partial charge in [0.1, 0.15) is 6.61 Å². The molecule has 0 aromatic carbocycles. The van der Waals surface area contributed by atoms with Crippen molar-refractivity contribution in [3.63, 3.8) is 0 Å². The van der Waals surface area contributed by atoms with Crippen LogP contribution in [0.25, 0.3) is 0 Å². The predicted molar refractivity (Wildman–Crippen MR) is 54.6 cm³/mol. The van der Waals surface area contributed by atoms with Gasteiger partial charge in [-0.05, 0) is 25.7 Å². The smallest absolute Gasteiger partial charge is 0.407 e. The van der Waals surface area contributed by atoms with Crippen molar-refractivity contribution in [1.29, 1.82) is 0 Å². The molecule has 1 saturated heterocycles. The first-order valence-electron chi connectivity index (χ1n) is 5.36. The number of aliphatic hydroxyl groups is 1. The van der Waals surface area contributed by atoms with Gasteiger partial charge in [-0.15, -0.1) is 0 Å². The van der Waals surface area contributed by atoms with E-state index in [1.54, 1.807) is 0 Å². The van der Waals surface area contributed by atoms with Crippen molar-refractivity contribution in [2.24, 2.45) is 5.92 Å². The Balaban J connectivity index is 2.21. The highest BCUT2D eigenvalue weighted by molar-refractivity contribution is 5.67. The van der Waals surface area contributed by atoms with Crippen LogP contribution >= 0.6 is 0 Å². The van der Waals surface area contributed by atoms with Crippen LogP contribution in [0.4, 0.5) is 4.79 Å². The lowest BCUT2D eigenvalue weighted by Gasteiger charge is -2.27. The van der Waals surface area contributed by atoms with E-state index in [1.165, 1.54) is 0 Å². The minimum atomic E-state index is -0.456. The maximum Gasteiger partial charge on any atom is 0.407 e. The molecule has 1 heterocycles. The zero-order valence-electron chi connectivity index (χ0n) is 9.07.